The third-order valence-corrected chi connectivity index (χ3v) is 2.49. The smallest absolute Gasteiger partial charge is 0.206 e. The minimum Gasteiger partial charge on any atom is -0.508 e. The minimum atomic E-state index is -2.09. The molecule has 7 heteroatoms. The van der Waals surface area contributed by atoms with Crippen LogP contribution in [0.2, 0.25) is 0 Å². The fraction of sp³-hybridized carbons (Fsp3) is 0. The predicted octanol–water partition coefficient (Wildman–Crippen LogP) is 3.03. The van der Waals surface area contributed by atoms with Gasteiger partial charge in [-0.25, -0.2) is 13.2 Å². The standard InChI is InChI=1S/C12H6F4O3/c13-8-7(5-3-4(17)1-2-6(5)18)9(14)12(19)11(16)10(8)15/h1-3,17-19H. The third kappa shape index (κ3) is 1.92. The Labute approximate surface area is 104 Å². The topological polar surface area (TPSA) is 60.7 Å². The van der Waals surface area contributed by atoms with Gasteiger partial charge in [0.2, 0.25) is 5.82 Å². The van der Waals surface area contributed by atoms with Crippen LogP contribution in [-0.2, 0) is 0 Å². The molecule has 2 aromatic carbocycles. The lowest BCUT2D eigenvalue weighted by atomic mass is 10.0. The lowest BCUT2D eigenvalue weighted by Gasteiger charge is -2.10. The summed E-state index contributed by atoms with van der Waals surface area (Å²) in [6.07, 6.45) is 0. The number of halogens is 4. The summed E-state index contributed by atoms with van der Waals surface area (Å²) in [5.74, 6) is -10.7. The van der Waals surface area contributed by atoms with E-state index in [-0.39, 0.29) is 0 Å². The zero-order valence-corrected chi connectivity index (χ0v) is 9.09. The van der Waals surface area contributed by atoms with Crippen molar-refractivity contribution in [1.29, 1.82) is 0 Å². The van der Waals surface area contributed by atoms with E-state index in [0.717, 1.165) is 18.2 Å². The molecule has 0 unspecified atom stereocenters. The second-order valence-corrected chi connectivity index (χ2v) is 3.68. The Kier molecular flexibility index (Phi) is 2.97. The second kappa shape index (κ2) is 4.34. The van der Waals surface area contributed by atoms with E-state index in [2.05, 4.69) is 0 Å². The molecule has 0 aliphatic rings. The highest BCUT2D eigenvalue weighted by Crippen LogP contribution is 2.40. The Bertz CT molecular complexity index is 642. The van der Waals surface area contributed by atoms with Crippen molar-refractivity contribution in [3.63, 3.8) is 0 Å². The van der Waals surface area contributed by atoms with Gasteiger partial charge in [0.05, 0.1) is 5.56 Å². The Hall–Kier alpha value is -2.44. The number of benzene rings is 2. The van der Waals surface area contributed by atoms with E-state index in [1.807, 2.05) is 0 Å². The average Bonchev–Trinajstić information content (AvgIpc) is 2.38. The maximum Gasteiger partial charge on any atom is 0.206 e. The summed E-state index contributed by atoms with van der Waals surface area (Å²) in [6.45, 7) is 0. The Balaban J connectivity index is 2.87. The summed E-state index contributed by atoms with van der Waals surface area (Å²) in [6, 6.07) is 2.67. The SMILES string of the molecule is Oc1ccc(O)c(-c2c(F)c(O)c(F)c(F)c2F)c1. The molecule has 2 rings (SSSR count). The fourth-order valence-corrected chi connectivity index (χ4v) is 1.58. The number of phenolic OH excluding ortho intramolecular Hbond substituents is 3. The molecule has 0 atom stereocenters. The lowest BCUT2D eigenvalue weighted by molar-refractivity contribution is 0.360. The van der Waals surface area contributed by atoms with Crippen molar-refractivity contribution >= 4 is 0 Å². The Morgan fingerprint density at radius 3 is 2.00 bits per heavy atom. The maximum atomic E-state index is 13.6. The molecule has 0 bridgehead atoms. The first-order chi connectivity index (χ1) is 8.84. The Morgan fingerprint density at radius 2 is 1.37 bits per heavy atom. The monoisotopic (exact) mass is 274 g/mol. The number of phenols is 3. The van der Waals surface area contributed by atoms with Gasteiger partial charge in [0.25, 0.3) is 0 Å². The number of hydrogen-bond acceptors (Lipinski definition) is 3. The molecule has 100 valence electrons. The van der Waals surface area contributed by atoms with Crippen molar-refractivity contribution < 1.29 is 32.9 Å². The summed E-state index contributed by atoms with van der Waals surface area (Å²) in [4.78, 5) is 0. The van der Waals surface area contributed by atoms with Crippen molar-refractivity contribution in [3.05, 3.63) is 41.5 Å². The number of aromatic hydroxyl groups is 3. The van der Waals surface area contributed by atoms with Crippen molar-refractivity contribution in [3.8, 4) is 28.4 Å². The number of rotatable bonds is 1. The van der Waals surface area contributed by atoms with E-state index in [9.17, 15) is 27.8 Å². The molecule has 0 saturated heterocycles. The predicted molar refractivity (Wildman–Crippen MR) is 56.7 cm³/mol. The Morgan fingerprint density at radius 1 is 0.737 bits per heavy atom. The largest absolute Gasteiger partial charge is 0.508 e. The van der Waals surface area contributed by atoms with Crippen LogP contribution in [0.25, 0.3) is 11.1 Å². The van der Waals surface area contributed by atoms with Gasteiger partial charge in [0.1, 0.15) is 11.5 Å². The zero-order valence-electron chi connectivity index (χ0n) is 9.09. The summed E-state index contributed by atoms with van der Waals surface area (Å²) in [5.41, 5.74) is -1.80. The van der Waals surface area contributed by atoms with Crippen molar-refractivity contribution in [1.82, 2.24) is 0 Å². The average molecular weight is 274 g/mol. The van der Waals surface area contributed by atoms with Crippen LogP contribution >= 0.6 is 0 Å². The van der Waals surface area contributed by atoms with Crippen LogP contribution < -0.4 is 0 Å². The first kappa shape index (κ1) is 13.0. The van der Waals surface area contributed by atoms with Crippen LogP contribution in [0.1, 0.15) is 0 Å². The van der Waals surface area contributed by atoms with Crippen LogP contribution in [0.3, 0.4) is 0 Å². The van der Waals surface area contributed by atoms with Gasteiger partial charge in [-0.1, -0.05) is 0 Å². The molecule has 0 amide bonds. The lowest BCUT2D eigenvalue weighted by Crippen LogP contribution is -2.00. The van der Waals surface area contributed by atoms with Crippen LogP contribution in [0, 0.1) is 23.3 Å². The maximum absolute atomic E-state index is 13.6. The molecule has 0 aliphatic carbocycles. The van der Waals surface area contributed by atoms with Gasteiger partial charge in [-0.2, -0.15) is 4.39 Å². The normalized spacial score (nSPS) is 10.7. The van der Waals surface area contributed by atoms with Crippen LogP contribution in [-0.4, -0.2) is 15.3 Å². The zero-order chi connectivity index (χ0) is 14.3. The van der Waals surface area contributed by atoms with Crippen molar-refractivity contribution in [2.45, 2.75) is 0 Å². The van der Waals surface area contributed by atoms with Crippen molar-refractivity contribution in [2.75, 3.05) is 0 Å². The summed E-state index contributed by atoms with van der Waals surface area (Å²) >= 11 is 0. The molecule has 0 aliphatic heterocycles. The highest BCUT2D eigenvalue weighted by Gasteiger charge is 2.27. The van der Waals surface area contributed by atoms with Gasteiger partial charge in [-0.15, -0.1) is 0 Å². The molecule has 0 radical (unpaired) electrons. The van der Waals surface area contributed by atoms with Gasteiger partial charge in [-0.3, -0.25) is 0 Å². The summed E-state index contributed by atoms with van der Waals surface area (Å²) in [5, 5.41) is 27.6. The van der Waals surface area contributed by atoms with E-state index < -0.39 is 51.6 Å². The van der Waals surface area contributed by atoms with E-state index in [1.165, 1.54) is 0 Å². The molecule has 19 heavy (non-hydrogen) atoms. The summed E-state index contributed by atoms with van der Waals surface area (Å²) < 4.78 is 53.2. The molecule has 0 spiro atoms. The van der Waals surface area contributed by atoms with Crippen LogP contribution in [0.5, 0.6) is 17.2 Å². The minimum absolute atomic E-state index is 0.462. The molecule has 3 nitrogen and oxygen atoms in total. The molecule has 3 N–H and O–H groups in total. The highest BCUT2D eigenvalue weighted by atomic mass is 19.2. The molecular formula is C12H6F4O3. The van der Waals surface area contributed by atoms with Gasteiger partial charge in [0.15, 0.2) is 23.2 Å². The second-order valence-electron chi connectivity index (χ2n) is 3.68. The van der Waals surface area contributed by atoms with Gasteiger partial charge in [-0.05, 0) is 18.2 Å². The van der Waals surface area contributed by atoms with Crippen molar-refractivity contribution in [2.24, 2.45) is 0 Å². The van der Waals surface area contributed by atoms with Gasteiger partial charge in [0, 0.05) is 5.56 Å². The third-order valence-electron chi connectivity index (χ3n) is 2.49. The van der Waals surface area contributed by atoms with Gasteiger partial charge < -0.3 is 15.3 Å². The summed E-state index contributed by atoms with van der Waals surface area (Å²) in [7, 11) is 0. The molecule has 0 saturated carbocycles. The molecule has 0 heterocycles. The first-order valence-electron chi connectivity index (χ1n) is 4.91. The van der Waals surface area contributed by atoms with E-state index in [0.29, 0.717) is 0 Å². The molecule has 0 fully saturated rings. The fourth-order valence-electron chi connectivity index (χ4n) is 1.58. The van der Waals surface area contributed by atoms with Crippen LogP contribution in [0.15, 0.2) is 18.2 Å². The number of hydrogen-bond donors (Lipinski definition) is 3. The van der Waals surface area contributed by atoms with Gasteiger partial charge >= 0.3 is 0 Å². The molecular weight excluding hydrogens is 268 g/mol. The van der Waals surface area contributed by atoms with E-state index >= 15 is 0 Å². The van der Waals surface area contributed by atoms with Crippen LogP contribution in [0.4, 0.5) is 17.6 Å². The van der Waals surface area contributed by atoms with E-state index in [1.54, 1.807) is 0 Å². The van der Waals surface area contributed by atoms with E-state index in [4.69, 9.17) is 5.11 Å². The molecule has 2 aromatic rings. The highest BCUT2D eigenvalue weighted by molar-refractivity contribution is 5.74. The first-order valence-corrected chi connectivity index (χ1v) is 4.91. The quantitative estimate of drug-likeness (QED) is 0.324. The molecule has 0 aromatic heterocycles.